The predicted molar refractivity (Wildman–Crippen MR) is 111 cm³/mol. The predicted octanol–water partition coefficient (Wildman–Crippen LogP) is 4.21. The van der Waals surface area contributed by atoms with E-state index in [4.69, 9.17) is 4.74 Å². The summed E-state index contributed by atoms with van der Waals surface area (Å²) in [6, 6.07) is 26.2. The van der Waals surface area contributed by atoms with Crippen LogP contribution in [0.2, 0.25) is 0 Å². The monoisotopic (exact) mass is 370 g/mol. The van der Waals surface area contributed by atoms with Crippen LogP contribution in [0.4, 0.5) is 5.69 Å². The van der Waals surface area contributed by atoms with E-state index in [0.717, 1.165) is 16.5 Å². The van der Waals surface area contributed by atoms with Crippen molar-refractivity contribution < 1.29 is 9.53 Å². The van der Waals surface area contributed by atoms with Crippen molar-refractivity contribution in [1.82, 2.24) is 4.98 Å². The lowest BCUT2D eigenvalue weighted by atomic mass is 10.1. The van der Waals surface area contributed by atoms with Crippen LogP contribution in [0.1, 0.15) is 0 Å². The van der Waals surface area contributed by atoms with Gasteiger partial charge in [-0.05, 0) is 35.4 Å². The molecule has 0 aliphatic rings. The fourth-order valence-corrected chi connectivity index (χ4v) is 2.99. The lowest BCUT2D eigenvalue weighted by Gasteiger charge is -2.10. The summed E-state index contributed by atoms with van der Waals surface area (Å²) in [6.07, 6.45) is 0. The van der Waals surface area contributed by atoms with Gasteiger partial charge in [0.2, 0.25) is 5.56 Å². The zero-order valence-electron chi connectivity index (χ0n) is 15.0. The topological polar surface area (TPSA) is 71.2 Å². The van der Waals surface area contributed by atoms with Gasteiger partial charge in [-0.3, -0.25) is 9.59 Å². The fourth-order valence-electron chi connectivity index (χ4n) is 2.99. The molecule has 0 bridgehead atoms. The van der Waals surface area contributed by atoms with E-state index in [0.29, 0.717) is 17.0 Å². The second kappa shape index (κ2) is 7.80. The van der Waals surface area contributed by atoms with Crippen molar-refractivity contribution in [2.45, 2.75) is 0 Å². The Morgan fingerprint density at radius 2 is 1.57 bits per heavy atom. The van der Waals surface area contributed by atoms with Crippen LogP contribution in [0, 0.1) is 0 Å². The van der Waals surface area contributed by atoms with Crippen LogP contribution in [-0.2, 0) is 4.79 Å². The van der Waals surface area contributed by atoms with Crippen molar-refractivity contribution in [3.05, 3.63) is 95.3 Å². The highest BCUT2D eigenvalue weighted by molar-refractivity contribution is 5.92. The molecule has 1 aromatic heterocycles. The molecule has 0 radical (unpaired) electrons. The number of rotatable bonds is 5. The highest BCUT2D eigenvalue weighted by atomic mass is 16.5. The minimum Gasteiger partial charge on any atom is -0.482 e. The molecule has 0 saturated heterocycles. The number of aromatic amines is 1. The quantitative estimate of drug-likeness (QED) is 0.553. The first-order valence-corrected chi connectivity index (χ1v) is 8.89. The number of carbonyl (C=O) groups is 1. The summed E-state index contributed by atoms with van der Waals surface area (Å²) < 4.78 is 5.62. The summed E-state index contributed by atoms with van der Waals surface area (Å²) in [5, 5.41) is 3.66. The van der Waals surface area contributed by atoms with Gasteiger partial charge in [0.1, 0.15) is 5.75 Å². The second-order valence-electron chi connectivity index (χ2n) is 6.32. The zero-order valence-corrected chi connectivity index (χ0v) is 15.0. The smallest absolute Gasteiger partial charge is 0.262 e. The van der Waals surface area contributed by atoms with E-state index in [1.54, 1.807) is 12.1 Å². The number of amides is 1. The van der Waals surface area contributed by atoms with E-state index < -0.39 is 0 Å². The van der Waals surface area contributed by atoms with Crippen molar-refractivity contribution in [1.29, 1.82) is 0 Å². The normalized spacial score (nSPS) is 10.6. The number of ether oxygens (including phenoxy) is 1. The maximum absolute atomic E-state index is 12.2. The van der Waals surface area contributed by atoms with Gasteiger partial charge in [0.25, 0.3) is 5.91 Å². The van der Waals surface area contributed by atoms with Crippen molar-refractivity contribution in [2.75, 3.05) is 11.9 Å². The molecule has 4 rings (SSSR count). The summed E-state index contributed by atoms with van der Waals surface area (Å²) >= 11 is 0. The van der Waals surface area contributed by atoms with Gasteiger partial charge in [-0.1, -0.05) is 54.6 Å². The molecule has 0 fully saturated rings. The summed E-state index contributed by atoms with van der Waals surface area (Å²) in [7, 11) is 0. The van der Waals surface area contributed by atoms with Crippen molar-refractivity contribution in [2.24, 2.45) is 0 Å². The highest BCUT2D eigenvalue weighted by Gasteiger charge is 2.07. The number of pyridine rings is 1. The SMILES string of the molecule is O=C(COc1cccc2ccc(=O)[nH]c12)Nc1ccc(-c2ccccc2)cc1. The number of hydrogen-bond donors (Lipinski definition) is 2. The fraction of sp³-hybridized carbons (Fsp3) is 0.0435. The Labute approximate surface area is 161 Å². The molecule has 1 amide bonds. The third-order valence-corrected chi connectivity index (χ3v) is 4.36. The molecule has 0 unspecified atom stereocenters. The number of nitrogens with one attached hydrogen (secondary N) is 2. The molecule has 0 spiro atoms. The molecule has 0 saturated carbocycles. The first-order valence-electron chi connectivity index (χ1n) is 8.89. The Morgan fingerprint density at radius 3 is 2.36 bits per heavy atom. The van der Waals surface area contributed by atoms with Crippen LogP contribution in [0.5, 0.6) is 5.75 Å². The van der Waals surface area contributed by atoms with Gasteiger partial charge in [0.15, 0.2) is 6.61 Å². The van der Waals surface area contributed by atoms with Gasteiger partial charge in [-0.15, -0.1) is 0 Å². The van der Waals surface area contributed by atoms with Crippen LogP contribution in [-0.4, -0.2) is 17.5 Å². The van der Waals surface area contributed by atoms with E-state index in [1.807, 2.05) is 66.7 Å². The number of fused-ring (bicyclic) bond motifs is 1. The molecule has 3 aromatic carbocycles. The maximum atomic E-state index is 12.2. The summed E-state index contributed by atoms with van der Waals surface area (Å²) in [6.45, 7) is -0.156. The van der Waals surface area contributed by atoms with Gasteiger partial charge >= 0.3 is 0 Å². The van der Waals surface area contributed by atoms with Crippen molar-refractivity contribution >= 4 is 22.5 Å². The Morgan fingerprint density at radius 1 is 0.821 bits per heavy atom. The lowest BCUT2D eigenvalue weighted by molar-refractivity contribution is -0.118. The third-order valence-electron chi connectivity index (χ3n) is 4.36. The minimum atomic E-state index is -0.275. The number of benzene rings is 3. The Kier molecular flexibility index (Phi) is 4.89. The van der Waals surface area contributed by atoms with Gasteiger partial charge < -0.3 is 15.0 Å². The lowest BCUT2D eigenvalue weighted by Crippen LogP contribution is -2.20. The van der Waals surface area contributed by atoms with Crippen molar-refractivity contribution in [3.8, 4) is 16.9 Å². The first-order chi connectivity index (χ1) is 13.7. The van der Waals surface area contributed by atoms with Crippen LogP contribution in [0.15, 0.2) is 89.7 Å². The van der Waals surface area contributed by atoms with Crippen molar-refractivity contribution in [3.63, 3.8) is 0 Å². The Hall–Kier alpha value is -3.86. The zero-order chi connectivity index (χ0) is 19.3. The van der Waals surface area contributed by atoms with Gasteiger partial charge in [0.05, 0.1) is 5.52 Å². The molecule has 5 nitrogen and oxygen atoms in total. The first kappa shape index (κ1) is 17.5. The van der Waals surface area contributed by atoms with Crippen LogP contribution < -0.4 is 15.6 Å². The largest absolute Gasteiger partial charge is 0.482 e. The van der Waals surface area contributed by atoms with E-state index >= 15 is 0 Å². The molecule has 0 aliphatic carbocycles. The number of carbonyl (C=O) groups excluding carboxylic acids is 1. The van der Waals surface area contributed by atoms with E-state index in [2.05, 4.69) is 10.3 Å². The number of para-hydroxylation sites is 1. The molecule has 2 N–H and O–H groups in total. The van der Waals surface area contributed by atoms with E-state index in [1.165, 1.54) is 6.07 Å². The van der Waals surface area contributed by atoms with Crippen LogP contribution in [0.3, 0.4) is 0 Å². The molecular formula is C23H18N2O3. The average Bonchev–Trinajstić information content (AvgIpc) is 2.73. The molecule has 1 heterocycles. The molecule has 5 heteroatoms. The third kappa shape index (κ3) is 3.94. The number of aromatic nitrogens is 1. The summed E-state index contributed by atoms with van der Waals surface area (Å²) in [5.74, 6) is 0.188. The average molecular weight is 370 g/mol. The summed E-state index contributed by atoms with van der Waals surface area (Å²) in [4.78, 5) is 26.5. The molecule has 28 heavy (non-hydrogen) atoms. The standard InChI is InChI=1S/C23H18N2O3/c26-21-14-11-18-7-4-8-20(23(18)25-21)28-15-22(27)24-19-12-9-17(10-13-19)16-5-2-1-3-6-16/h1-14H,15H2,(H,24,27)(H,25,26). The summed E-state index contributed by atoms with van der Waals surface area (Å²) in [5.41, 5.74) is 3.25. The van der Waals surface area contributed by atoms with Gasteiger partial charge in [-0.25, -0.2) is 0 Å². The molecular weight excluding hydrogens is 352 g/mol. The second-order valence-corrected chi connectivity index (χ2v) is 6.32. The molecule has 138 valence electrons. The Bertz CT molecular complexity index is 1170. The minimum absolute atomic E-state index is 0.156. The van der Waals surface area contributed by atoms with Gasteiger partial charge in [-0.2, -0.15) is 0 Å². The van der Waals surface area contributed by atoms with E-state index in [9.17, 15) is 9.59 Å². The Balaban J connectivity index is 1.41. The number of hydrogen-bond acceptors (Lipinski definition) is 3. The van der Waals surface area contributed by atoms with E-state index in [-0.39, 0.29) is 18.1 Å². The van der Waals surface area contributed by atoms with Crippen LogP contribution in [0.25, 0.3) is 22.0 Å². The number of anilines is 1. The molecule has 0 atom stereocenters. The number of H-pyrrole nitrogens is 1. The molecule has 0 aliphatic heterocycles. The maximum Gasteiger partial charge on any atom is 0.262 e. The van der Waals surface area contributed by atoms with Gasteiger partial charge in [0, 0.05) is 17.1 Å². The highest BCUT2D eigenvalue weighted by Crippen LogP contribution is 2.23. The van der Waals surface area contributed by atoms with Crippen LogP contribution >= 0.6 is 0 Å². The molecule has 4 aromatic rings.